The van der Waals surface area contributed by atoms with E-state index in [1.165, 1.54) is 0 Å². The zero-order chi connectivity index (χ0) is 17.7. The van der Waals surface area contributed by atoms with Crippen LogP contribution in [0.1, 0.15) is 18.1 Å². The zero-order valence-corrected chi connectivity index (χ0v) is 13.0. The highest BCUT2D eigenvalue weighted by atomic mass is 32.2. The van der Waals surface area contributed by atoms with Crippen molar-refractivity contribution in [3.05, 3.63) is 45.5 Å². The lowest BCUT2D eigenvalue weighted by Gasteiger charge is -2.25. The molecule has 1 aliphatic heterocycles. The quantitative estimate of drug-likeness (QED) is 0.477. The minimum atomic E-state index is -4.97. The van der Waals surface area contributed by atoms with Gasteiger partial charge in [-0.15, -0.1) is 0 Å². The van der Waals surface area contributed by atoms with Crippen molar-refractivity contribution in [2.75, 3.05) is 10.6 Å². The summed E-state index contributed by atoms with van der Waals surface area (Å²) in [6.07, 6.45) is -4.06. The molecule has 0 N–H and O–H groups in total. The predicted octanol–water partition coefficient (Wildman–Crippen LogP) is 2.88. The molecule has 0 saturated heterocycles. The Morgan fingerprint density at radius 2 is 2.00 bits per heavy atom. The molecule has 10 heteroatoms. The second-order valence-electron chi connectivity index (χ2n) is 5.38. The first-order valence-electron chi connectivity index (χ1n) is 6.37. The number of nitro groups is 1. The number of anilines is 1. The number of nitro benzene ring substituents is 1. The lowest BCUT2D eigenvalue weighted by molar-refractivity contribution is -0.388. The number of hydrogen-bond acceptors (Lipinski definition) is 4. The number of benzene rings is 1. The smallest absolute Gasteiger partial charge is 0.263 e. The molecule has 23 heavy (non-hydrogen) atoms. The topological polar surface area (TPSA) is 80.5 Å². The summed E-state index contributed by atoms with van der Waals surface area (Å²) in [5.74, 6) is 0. The van der Waals surface area contributed by atoms with Crippen molar-refractivity contribution in [1.82, 2.24) is 0 Å². The average Bonchev–Trinajstić information content (AvgIpc) is 2.74. The summed E-state index contributed by atoms with van der Waals surface area (Å²) in [5, 5.41) is 10.9. The van der Waals surface area contributed by atoms with Crippen LogP contribution in [0.5, 0.6) is 0 Å². The van der Waals surface area contributed by atoms with Crippen molar-refractivity contribution in [2.45, 2.75) is 25.6 Å². The van der Waals surface area contributed by atoms with Gasteiger partial charge < -0.3 is 0 Å². The molecule has 2 rings (SSSR count). The van der Waals surface area contributed by atoms with Crippen LogP contribution in [-0.4, -0.2) is 25.6 Å². The van der Waals surface area contributed by atoms with Crippen molar-refractivity contribution in [3.63, 3.8) is 0 Å². The van der Waals surface area contributed by atoms with E-state index >= 15 is 0 Å². The first kappa shape index (κ1) is 17.3. The van der Waals surface area contributed by atoms with E-state index in [4.69, 9.17) is 0 Å². The van der Waals surface area contributed by atoms with Gasteiger partial charge in [0.25, 0.3) is 5.69 Å². The van der Waals surface area contributed by atoms with Gasteiger partial charge in [-0.2, -0.15) is 13.2 Å². The SMILES string of the molecule is C=C(C)C1Cc2cc([N+](=O)[O-])c(C(F)(F)F)cc2N1S(C)(=O)=O. The van der Waals surface area contributed by atoms with Crippen LogP contribution in [0.4, 0.5) is 24.5 Å². The number of halogens is 3. The van der Waals surface area contributed by atoms with E-state index in [1.54, 1.807) is 6.92 Å². The Labute approximate surface area is 130 Å². The summed E-state index contributed by atoms with van der Waals surface area (Å²) in [7, 11) is -3.87. The van der Waals surface area contributed by atoms with Gasteiger partial charge in [-0.1, -0.05) is 12.2 Å². The van der Waals surface area contributed by atoms with Crippen LogP contribution in [0.2, 0.25) is 0 Å². The van der Waals surface area contributed by atoms with Crippen LogP contribution in [0.3, 0.4) is 0 Å². The van der Waals surface area contributed by atoms with Crippen LogP contribution >= 0.6 is 0 Å². The standard InChI is InChI=1S/C13H13F3N2O4S/c1-7(2)10-4-8-5-12(18(19)20)9(13(14,15)16)6-11(8)17(10)23(3,21)22/h5-6,10H,1,4H2,2-3H3. The van der Waals surface area contributed by atoms with Gasteiger partial charge >= 0.3 is 6.18 Å². The van der Waals surface area contributed by atoms with E-state index in [1.807, 2.05) is 0 Å². The summed E-state index contributed by atoms with van der Waals surface area (Å²) in [6, 6.07) is 0.555. The van der Waals surface area contributed by atoms with E-state index < -0.39 is 38.4 Å². The maximum absolute atomic E-state index is 13.1. The molecule has 0 aliphatic carbocycles. The van der Waals surface area contributed by atoms with Gasteiger partial charge in [0, 0.05) is 12.5 Å². The van der Waals surface area contributed by atoms with Crippen molar-refractivity contribution >= 4 is 21.4 Å². The highest BCUT2D eigenvalue weighted by Gasteiger charge is 2.43. The fourth-order valence-corrected chi connectivity index (χ4v) is 3.85. The molecule has 0 spiro atoms. The molecule has 0 saturated carbocycles. The summed E-state index contributed by atoms with van der Waals surface area (Å²) in [6.45, 7) is 5.20. The molecule has 1 heterocycles. The van der Waals surface area contributed by atoms with Crippen molar-refractivity contribution in [2.24, 2.45) is 0 Å². The first-order chi connectivity index (χ1) is 10.3. The number of hydrogen-bond donors (Lipinski definition) is 0. The molecule has 0 bridgehead atoms. The minimum Gasteiger partial charge on any atom is -0.263 e. The Balaban J connectivity index is 2.77. The third-order valence-electron chi connectivity index (χ3n) is 3.56. The summed E-state index contributed by atoms with van der Waals surface area (Å²) in [5.41, 5.74) is -2.16. The molecule has 0 fully saturated rings. The summed E-state index contributed by atoms with van der Waals surface area (Å²) < 4.78 is 64.0. The van der Waals surface area contributed by atoms with E-state index in [2.05, 4.69) is 6.58 Å². The normalized spacial score (nSPS) is 18.0. The molecule has 1 aliphatic rings. The number of alkyl halides is 3. The van der Waals surface area contributed by atoms with E-state index in [0.717, 1.165) is 16.6 Å². The number of sulfonamides is 1. The maximum Gasteiger partial charge on any atom is 0.423 e. The van der Waals surface area contributed by atoms with Crippen LogP contribution in [-0.2, 0) is 22.6 Å². The molecule has 0 aromatic heterocycles. The van der Waals surface area contributed by atoms with Gasteiger partial charge in [-0.3, -0.25) is 14.4 Å². The van der Waals surface area contributed by atoms with Crippen molar-refractivity contribution in [1.29, 1.82) is 0 Å². The maximum atomic E-state index is 13.1. The Morgan fingerprint density at radius 1 is 1.43 bits per heavy atom. The van der Waals surface area contributed by atoms with Gasteiger partial charge in [-0.05, 0) is 18.6 Å². The Bertz CT molecular complexity index is 802. The molecule has 6 nitrogen and oxygen atoms in total. The number of rotatable bonds is 3. The van der Waals surface area contributed by atoms with Crippen molar-refractivity contribution < 1.29 is 26.5 Å². The molecular weight excluding hydrogens is 337 g/mol. The Kier molecular flexibility index (Phi) is 3.92. The van der Waals surface area contributed by atoms with Crippen LogP contribution in [0, 0.1) is 10.1 Å². The van der Waals surface area contributed by atoms with Crippen LogP contribution in [0.15, 0.2) is 24.3 Å². The minimum absolute atomic E-state index is 0.0384. The Hall–Kier alpha value is -2.10. The van der Waals surface area contributed by atoms with Gasteiger partial charge in [0.15, 0.2) is 0 Å². The predicted molar refractivity (Wildman–Crippen MR) is 77.7 cm³/mol. The fraction of sp³-hybridized carbons (Fsp3) is 0.385. The second kappa shape index (κ2) is 5.22. The van der Waals surface area contributed by atoms with Crippen LogP contribution in [0.25, 0.3) is 0 Å². The Morgan fingerprint density at radius 3 is 2.39 bits per heavy atom. The average molecular weight is 350 g/mol. The third-order valence-corrected chi connectivity index (χ3v) is 4.72. The van der Waals surface area contributed by atoms with Gasteiger partial charge in [0.2, 0.25) is 10.0 Å². The summed E-state index contributed by atoms with van der Waals surface area (Å²) in [4.78, 5) is 9.80. The largest absolute Gasteiger partial charge is 0.423 e. The van der Waals surface area contributed by atoms with E-state index in [-0.39, 0.29) is 17.7 Å². The molecule has 0 radical (unpaired) electrons. The monoisotopic (exact) mass is 350 g/mol. The van der Waals surface area contributed by atoms with Gasteiger partial charge in [0.1, 0.15) is 5.56 Å². The van der Waals surface area contributed by atoms with Gasteiger partial charge in [0.05, 0.1) is 22.9 Å². The van der Waals surface area contributed by atoms with Gasteiger partial charge in [-0.25, -0.2) is 8.42 Å². The lowest BCUT2D eigenvalue weighted by Crippen LogP contribution is -2.37. The third kappa shape index (κ3) is 3.03. The lowest BCUT2D eigenvalue weighted by atomic mass is 10.0. The molecule has 126 valence electrons. The van der Waals surface area contributed by atoms with Crippen molar-refractivity contribution in [3.8, 4) is 0 Å². The molecule has 1 unspecified atom stereocenters. The zero-order valence-electron chi connectivity index (χ0n) is 12.2. The molecule has 0 amide bonds. The fourth-order valence-electron chi connectivity index (χ4n) is 2.61. The molecular formula is C13H13F3N2O4S. The highest BCUT2D eigenvalue weighted by molar-refractivity contribution is 7.92. The summed E-state index contributed by atoms with van der Waals surface area (Å²) >= 11 is 0. The van der Waals surface area contributed by atoms with E-state index in [0.29, 0.717) is 11.6 Å². The first-order valence-corrected chi connectivity index (χ1v) is 8.22. The number of fused-ring (bicyclic) bond motifs is 1. The molecule has 1 aromatic carbocycles. The highest BCUT2D eigenvalue weighted by Crippen LogP contribution is 2.44. The molecule has 1 atom stereocenters. The van der Waals surface area contributed by atoms with E-state index in [9.17, 15) is 31.7 Å². The molecule has 1 aromatic rings. The second-order valence-corrected chi connectivity index (χ2v) is 7.24. The van der Waals surface area contributed by atoms with Crippen LogP contribution < -0.4 is 4.31 Å². The number of nitrogens with zero attached hydrogens (tertiary/aromatic N) is 2.